The Bertz CT molecular complexity index is 1300. The lowest BCUT2D eigenvalue weighted by atomic mass is 9.86. The fourth-order valence-corrected chi connectivity index (χ4v) is 4.87. The quantitative estimate of drug-likeness (QED) is 0.332. The van der Waals surface area contributed by atoms with Crippen LogP contribution in [0.5, 0.6) is 23.0 Å². The number of allylic oxidation sites excluding steroid dienone is 1. The maximum Gasteiger partial charge on any atom is 0.573 e. The summed E-state index contributed by atoms with van der Waals surface area (Å²) in [5, 5.41) is 10.0. The summed E-state index contributed by atoms with van der Waals surface area (Å²) in [6, 6.07) is 18.0. The van der Waals surface area contributed by atoms with E-state index in [-0.39, 0.29) is 24.1 Å². The van der Waals surface area contributed by atoms with Gasteiger partial charge in [-0.1, -0.05) is 24.3 Å². The molecule has 2 heterocycles. The van der Waals surface area contributed by atoms with Crippen LogP contribution in [0.15, 0.2) is 66.7 Å². The van der Waals surface area contributed by atoms with Gasteiger partial charge in [-0.05, 0) is 66.1 Å². The zero-order chi connectivity index (χ0) is 26.9. The van der Waals surface area contributed by atoms with Crippen LogP contribution in [0.3, 0.4) is 0 Å². The van der Waals surface area contributed by atoms with Gasteiger partial charge in [-0.15, -0.1) is 13.2 Å². The Morgan fingerprint density at radius 3 is 2.32 bits per heavy atom. The molecule has 2 aliphatic heterocycles. The van der Waals surface area contributed by atoms with E-state index in [0.29, 0.717) is 29.2 Å². The smallest absolute Gasteiger partial charge is 0.508 e. The number of hydrogen-bond donors (Lipinski definition) is 1. The van der Waals surface area contributed by atoms with E-state index in [4.69, 9.17) is 9.47 Å². The van der Waals surface area contributed by atoms with E-state index < -0.39 is 12.5 Å². The molecule has 0 bridgehead atoms. The van der Waals surface area contributed by atoms with Gasteiger partial charge in [0.2, 0.25) is 0 Å². The number of phenolic OH excluding ortho intramolecular Hbond substituents is 1. The first-order chi connectivity index (χ1) is 18.2. The zero-order valence-electron chi connectivity index (χ0n) is 20.7. The van der Waals surface area contributed by atoms with Gasteiger partial charge in [0.15, 0.2) is 0 Å². The second-order valence-corrected chi connectivity index (χ2v) is 9.49. The van der Waals surface area contributed by atoms with E-state index in [1.807, 2.05) is 31.2 Å². The molecule has 5 nitrogen and oxygen atoms in total. The van der Waals surface area contributed by atoms with Crippen molar-refractivity contribution in [3.63, 3.8) is 0 Å². The molecule has 1 fully saturated rings. The Balaban J connectivity index is 1.38. The van der Waals surface area contributed by atoms with Gasteiger partial charge >= 0.3 is 6.36 Å². The molecule has 1 saturated heterocycles. The molecule has 200 valence electrons. The number of halogens is 4. The Morgan fingerprint density at radius 2 is 1.66 bits per heavy atom. The molecule has 3 aromatic rings. The van der Waals surface area contributed by atoms with Gasteiger partial charge < -0.3 is 19.3 Å². The van der Waals surface area contributed by atoms with Crippen LogP contribution in [0.2, 0.25) is 0 Å². The highest BCUT2D eigenvalue weighted by Gasteiger charge is 2.32. The summed E-state index contributed by atoms with van der Waals surface area (Å²) in [4.78, 5) is 2.15. The van der Waals surface area contributed by atoms with Crippen molar-refractivity contribution in [2.75, 3.05) is 32.9 Å². The molecule has 1 atom stereocenters. The standard InChI is InChI=1S/C29H27F4NO4/c1-18-25-14-22(35)6-11-26(25)37-28(27(18)20-2-9-24(10-3-20)38-29(31,32)33)21-4-7-23(8-5-21)36-13-12-34-16-19(15-30)17-34/h2-11,14,19,28,35H,12-13,15-17H2,1H3/t28-/m0/s1. The number of alkyl halides is 4. The molecule has 3 aromatic carbocycles. The van der Waals surface area contributed by atoms with Crippen molar-refractivity contribution in [2.45, 2.75) is 19.4 Å². The predicted molar refractivity (Wildman–Crippen MR) is 135 cm³/mol. The van der Waals surface area contributed by atoms with Crippen molar-refractivity contribution in [2.24, 2.45) is 5.92 Å². The Kier molecular flexibility index (Phi) is 7.21. The lowest BCUT2D eigenvalue weighted by Crippen LogP contribution is -2.49. The van der Waals surface area contributed by atoms with E-state index in [1.54, 1.807) is 30.3 Å². The summed E-state index contributed by atoms with van der Waals surface area (Å²) in [7, 11) is 0. The second-order valence-electron chi connectivity index (χ2n) is 9.49. The molecule has 0 amide bonds. The van der Waals surface area contributed by atoms with Crippen molar-refractivity contribution >= 4 is 11.1 Å². The molecular formula is C29H27F4NO4. The van der Waals surface area contributed by atoms with Crippen LogP contribution in [0.1, 0.15) is 29.7 Å². The van der Waals surface area contributed by atoms with Gasteiger partial charge in [0.25, 0.3) is 0 Å². The van der Waals surface area contributed by atoms with Crippen molar-refractivity contribution in [1.29, 1.82) is 0 Å². The summed E-state index contributed by atoms with van der Waals surface area (Å²) in [6.45, 7) is 4.35. The third-order valence-electron chi connectivity index (χ3n) is 6.79. The van der Waals surface area contributed by atoms with Crippen LogP contribution < -0.4 is 14.2 Å². The lowest BCUT2D eigenvalue weighted by Gasteiger charge is -2.37. The number of ether oxygens (including phenoxy) is 3. The zero-order valence-corrected chi connectivity index (χ0v) is 20.7. The van der Waals surface area contributed by atoms with E-state index in [2.05, 4.69) is 9.64 Å². The maximum absolute atomic E-state index is 12.6. The summed E-state index contributed by atoms with van der Waals surface area (Å²) in [6.07, 6.45) is -5.33. The molecule has 2 aliphatic rings. The first kappa shape index (κ1) is 25.9. The Morgan fingerprint density at radius 1 is 0.974 bits per heavy atom. The van der Waals surface area contributed by atoms with Crippen LogP contribution in [0, 0.1) is 5.92 Å². The van der Waals surface area contributed by atoms with E-state index >= 15 is 0 Å². The normalized spacial score (nSPS) is 18.0. The molecule has 0 saturated carbocycles. The van der Waals surface area contributed by atoms with Gasteiger partial charge in [-0.2, -0.15) is 0 Å². The molecule has 0 aromatic heterocycles. The average molecular weight is 530 g/mol. The molecule has 0 aliphatic carbocycles. The Hall–Kier alpha value is -3.72. The number of aromatic hydroxyl groups is 1. The van der Waals surface area contributed by atoms with Crippen LogP contribution in [0.4, 0.5) is 17.6 Å². The topological polar surface area (TPSA) is 51.2 Å². The van der Waals surface area contributed by atoms with Crippen molar-refractivity contribution < 1.29 is 36.9 Å². The molecule has 1 N–H and O–H groups in total. The number of likely N-dealkylation sites (tertiary alicyclic amines) is 1. The van der Waals surface area contributed by atoms with Gasteiger partial charge in [0.05, 0.1) is 6.67 Å². The highest BCUT2D eigenvalue weighted by atomic mass is 19.4. The Labute approximate surface area is 217 Å². The van der Waals surface area contributed by atoms with Crippen molar-refractivity contribution in [3.05, 3.63) is 83.4 Å². The third-order valence-corrected chi connectivity index (χ3v) is 6.79. The first-order valence-electron chi connectivity index (χ1n) is 12.3. The molecule has 0 radical (unpaired) electrons. The summed E-state index contributed by atoms with van der Waals surface area (Å²) in [5.41, 5.74) is 3.79. The van der Waals surface area contributed by atoms with Gasteiger partial charge in [-0.3, -0.25) is 9.29 Å². The summed E-state index contributed by atoms with van der Waals surface area (Å²) in [5.74, 6) is 1.18. The van der Waals surface area contributed by atoms with Gasteiger partial charge in [-0.25, -0.2) is 0 Å². The fraction of sp³-hybridized carbons (Fsp3) is 0.310. The lowest BCUT2D eigenvalue weighted by molar-refractivity contribution is -0.274. The first-order valence-corrected chi connectivity index (χ1v) is 12.3. The van der Waals surface area contributed by atoms with E-state index in [1.165, 1.54) is 12.1 Å². The molecule has 0 spiro atoms. The number of fused-ring (bicyclic) bond motifs is 1. The van der Waals surface area contributed by atoms with Crippen molar-refractivity contribution in [3.8, 4) is 23.0 Å². The molecule has 9 heteroatoms. The van der Waals surface area contributed by atoms with Gasteiger partial charge in [0.1, 0.15) is 35.7 Å². The number of benzene rings is 3. The third kappa shape index (κ3) is 5.72. The van der Waals surface area contributed by atoms with Gasteiger partial charge in [0, 0.05) is 36.7 Å². The number of rotatable bonds is 8. The van der Waals surface area contributed by atoms with E-state index in [0.717, 1.165) is 36.3 Å². The second kappa shape index (κ2) is 10.6. The molecule has 5 rings (SSSR count). The monoisotopic (exact) mass is 529 g/mol. The minimum Gasteiger partial charge on any atom is -0.508 e. The minimum atomic E-state index is -4.78. The highest BCUT2D eigenvalue weighted by Crippen LogP contribution is 2.47. The molecule has 38 heavy (non-hydrogen) atoms. The molecule has 0 unspecified atom stereocenters. The average Bonchev–Trinajstić information content (AvgIpc) is 2.86. The van der Waals surface area contributed by atoms with Crippen LogP contribution in [0.25, 0.3) is 11.1 Å². The summed E-state index contributed by atoms with van der Waals surface area (Å²) < 4.78 is 66.8. The minimum absolute atomic E-state index is 0.0818. The SMILES string of the molecule is CC1=C(c2ccc(OC(F)(F)F)cc2)[C@H](c2ccc(OCCN3CC(CF)C3)cc2)Oc2ccc(O)cc21. The van der Waals surface area contributed by atoms with Crippen LogP contribution >= 0.6 is 0 Å². The largest absolute Gasteiger partial charge is 0.573 e. The molecular weight excluding hydrogens is 502 g/mol. The number of phenols is 1. The van der Waals surface area contributed by atoms with E-state index in [9.17, 15) is 22.7 Å². The van der Waals surface area contributed by atoms with Crippen LogP contribution in [-0.2, 0) is 0 Å². The fourth-order valence-electron chi connectivity index (χ4n) is 4.87. The van der Waals surface area contributed by atoms with Crippen molar-refractivity contribution in [1.82, 2.24) is 4.90 Å². The highest BCUT2D eigenvalue weighted by molar-refractivity contribution is 5.95. The number of nitrogens with zero attached hydrogens (tertiary/aromatic N) is 1. The van der Waals surface area contributed by atoms with Crippen LogP contribution in [-0.4, -0.2) is 49.3 Å². The summed E-state index contributed by atoms with van der Waals surface area (Å²) >= 11 is 0. The maximum atomic E-state index is 12.6. The predicted octanol–water partition coefficient (Wildman–Crippen LogP) is 6.64. The number of hydrogen-bond acceptors (Lipinski definition) is 5.